The lowest BCUT2D eigenvalue weighted by Gasteiger charge is -2.24. The van der Waals surface area contributed by atoms with Crippen molar-refractivity contribution in [3.05, 3.63) is 100 Å². The molecule has 0 fully saturated rings. The molecule has 3 aromatic carbocycles. The second-order valence-electron chi connectivity index (χ2n) is 9.94. The third-order valence-corrected chi connectivity index (χ3v) is 8.49. The second kappa shape index (κ2) is 11.9. The molecule has 2 atom stereocenters. The first-order chi connectivity index (χ1) is 19.2. The number of rotatable bonds is 7. The molecule has 2 amide bonds. The Morgan fingerprint density at radius 3 is 2.42 bits per heavy atom. The van der Waals surface area contributed by atoms with Gasteiger partial charge in [0.2, 0.25) is 11.8 Å². The van der Waals surface area contributed by atoms with Crippen LogP contribution in [0.15, 0.2) is 72.8 Å². The standard InChI is InChI=1S/C31H30ClFN4O2S/c1-4-20(3)34-26(38)17-36-27(39)18-40-30(22-9-13-24(33)14-10-22)28-29(21-7-11-23(32)12-8-21)35-37(31(28)36)25-15-5-19(2)6-16-25/h5-16,20,30H,4,17-18H2,1-3H3,(H,34,38)/t20-,30+/m1/s1. The summed E-state index contributed by atoms with van der Waals surface area (Å²) in [5, 5.41) is 8.29. The van der Waals surface area contributed by atoms with Crippen molar-refractivity contribution < 1.29 is 14.0 Å². The Morgan fingerprint density at radius 2 is 1.77 bits per heavy atom. The third-order valence-electron chi connectivity index (χ3n) is 6.98. The van der Waals surface area contributed by atoms with Crippen LogP contribution in [0.4, 0.5) is 10.2 Å². The van der Waals surface area contributed by atoms with Gasteiger partial charge >= 0.3 is 0 Å². The molecule has 4 aromatic rings. The number of hydrogen-bond acceptors (Lipinski definition) is 4. The lowest BCUT2D eigenvalue weighted by Crippen LogP contribution is -2.44. The summed E-state index contributed by atoms with van der Waals surface area (Å²) in [6, 6.07) is 21.5. The Bertz CT molecular complexity index is 1520. The molecule has 6 nitrogen and oxygen atoms in total. The van der Waals surface area contributed by atoms with Gasteiger partial charge in [-0.2, -0.15) is 5.10 Å². The largest absolute Gasteiger partial charge is 0.352 e. The molecule has 206 valence electrons. The highest BCUT2D eigenvalue weighted by atomic mass is 35.5. The van der Waals surface area contributed by atoms with E-state index in [1.54, 1.807) is 28.9 Å². The van der Waals surface area contributed by atoms with Crippen LogP contribution in [-0.4, -0.2) is 39.9 Å². The van der Waals surface area contributed by atoms with E-state index in [-0.39, 0.29) is 41.2 Å². The highest BCUT2D eigenvalue weighted by molar-refractivity contribution is 8.00. The van der Waals surface area contributed by atoms with Crippen LogP contribution in [0.3, 0.4) is 0 Å². The summed E-state index contributed by atoms with van der Waals surface area (Å²) < 4.78 is 15.7. The molecule has 5 rings (SSSR count). The predicted molar refractivity (Wildman–Crippen MR) is 160 cm³/mol. The zero-order chi connectivity index (χ0) is 28.4. The number of aromatic nitrogens is 2. The van der Waals surface area contributed by atoms with Crippen LogP contribution in [0.5, 0.6) is 0 Å². The van der Waals surface area contributed by atoms with Crippen LogP contribution in [0.2, 0.25) is 5.02 Å². The van der Waals surface area contributed by atoms with Gasteiger partial charge in [0.15, 0.2) is 0 Å². The van der Waals surface area contributed by atoms with E-state index in [1.807, 2.05) is 57.2 Å². The van der Waals surface area contributed by atoms with Gasteiger partial charge < -0.3 is 5.32 Å². The van der Waals surface area contributed by atoms with Crippen molar-refractivity contribution in [1.29, 1.82) is 0 Å². The smallest absolute Gasteiger partial charge is 0.240 e. The molecule has 1 aliphatic heterocycles. The summed E-state index contributed by atoms with van der Waals surface area (Å²) in [6.45, 7) is 5.78. The number of carbonyl (C=O) groups excluding carboxylic acids is 2. The van der Waals surface area contributed by atoms with E-state index < -0.39 is 0 Å². The Labute approximate surface area is 242 Å². The molecule has 0 saturated heterocycles. The lowest BCUT2D eigenvalue weighted by molar-refractivity contribution is -0.123. The van der Waals surface area contributed by atoms with Crippen LogP contribution < -0.4 is 10.2 Å². The van der Waals surface area contributed by atoms with Gasteiger partial charge in [-0.05, 0) is 62.2 Å². The number of thioether (sulfide) groups is 1. The molecule has 0 unspecified atom stereocenters. The van der Waals surface area contributed by atoms with Crippen LogP contribution in [-0.2, 0) is 9.59 Å². The summed E-state index contributed by atoms with van der Waals surface area (Å²) >= 11 is 7.66. The fourth-order valence-corrected chi connectivity index (χ4v) is 6.00. The van der Waals surface area contributed by atoms with E-state index in [2.05, 4.69) is 5.32 Å². The normalized spacial score (nSPS) is 15.9. The van der Waals surface area contributed by atoms with Crippen LogP contribution in [0, 0.1) is 12.7 Å². The van der Waals surface area contributed by atoms with Gasteiger partial charge in [0.05, 0.1) is 22.4 Å². The third kappa shape index (κ3) is 5.78. The molecule has 40 heavy (non-hydrogen) atoms. The monoisotopic (exact) mass is 576 g/mol. The first kappa shape index (κ1) is 27.9. The number of nitrogens with one attached hydrogen (secondary N) is 1. The van der Waals surface area contributed by atoms with Crippen molar-refractivity contribution in [3.63, 3.8) is 0 Å². The van der Waals surface area contributed by atoms with E-state index in [4.69, 9.17) is 16.7 Å². The lowest BCUT2D eigenvalue weighted by atomic mass is 9.99. The minimum absolute atomic E-state index is 0.0259. The zero-order valence-electron chi connectivity index (χ0n) is 22.5. The molecule has 0 saturated carbocycles. The molecule has 0 bridgehead atoms. The number of hydrogen-bond donors (Lipinski definition) is 1. The SMILES string of the molecule is CC[C@@H](C)NC(=O)CN1C(=O)CS[C@@H](c2ccc(F)cc2)c2c(-c3ccc(Cl)cc3)nn(-c3ccc(C)cc3)c21. The molecular formula is C31H30ClFN4O2S. The zero-order valence-corrected chi connectivity index (χ0v) is 24.1. The Hall–Kier alpha value is -3.62. The highest BCUT2D eigenvalue weighted by Gasteiger charge is 2.37. The number of benzene rings is 3. The maximum atomic E-state index is 13.9. The minimum atomic E-state index is -0.341. The molecule has 1 aromatic heterocycles. The van der Waals surface area contributed by atoms with E-state index >= 15 is 0 Å². The van der Waals surface area contributed by atoms with Gasteiger partial charge in [-0.25, -0.2) is 9.07 Å². The van der Waals surface area contributed by atoms with E-state index in [1.165, 1.54) is 28.8 Å². The van der Waals surface area contributed by atoms with Gasteiger partial charge in [-0.15, -0.1) is 11.8 Å². The number of halogens is 2. The second-order valence-corrected chi connectivity index (χ2v) is 11.5. The topological polar surface area (TPSA) is 67.2 Å². The summed E-state index contributed by atoms with van der Waals surface area (Å²) in [5.74, 6) is -0.122. The van der Waals surface area contributed by atoms with Gasteiger partial charge in [-0.1, -0.05) is 60.5 Å². The average Bonchev–Trinajstić information content (AvgIpc) is 3.26. The van der Waals surface area contributed by atoms with Crippen molar-refractivity contribution in [2.45, 2.75) is 38.5 Å². The number of carbonyl (C=O) groups is 2. The van der Waals surface area contributed by atoms with Crippen LogP contribution >= 0.6 is 23.4 Å². The van der Waals surface area contributed by atoms with E-state index in [0.717, 1.165) is 34.4 Å². The number of fused-ring (bicyclic) bond motifs is 1. The molecule has 2 heterocycles. The van der Waals surface area contributed by atoms with E-state index in [9.17, 15) is 14.0 Å². The Kier molecular flexibility index (Phi) is 8.28. The molecule has 1 aliphatic rings. The number of anilines is 1. The summed E-state index contributed by atoms with van der Waals surface area (Å²) in [7, 11) is 0. The fourth-order valence-electron chi connectivity index (χ4n) is 4.67. The Morgan fingerprint density at radius 1 is 1.10 bits per heavy atom. The summed E-state index contributed by atoms with van der Waals surface area (Å²) in [4.78, 5) is 28.4. The fraction of sp³-hybridized carbons (Fsp3) is 0.258. The number of nitrogens with zero attached hydrogens (tertiary/aromatic N) is 3. The first-order valence-corrected chi connectivity index (χ1v) is 14.6. The van der Waals surface area contributed by atoms with Crippen molar-refractivity contribution in [3.8, 4) is 16.9 Å². The summed E-state index contributed by atoms with van der Waals surface area (Å²) in [5.41, 5.74) is 4.94. The number of aryl methyl sites for hydroxylation is 1. The van der Waals surface area contributed by atoms with Crippen molar-refractivity contribution in [2.24, 2.45) is 0 Å². The maximum absolute atomic E-state index is 13.9. The average molecular weight is 577 g/mol. The van der Waals surface area contributed by atoms with Crippen molar-refractivity contribution in [2.75, 3.05) is 17.2 Å². The molecule has 1 N–H and O–H groups in total. The Balaban J connectivity index is 1.77. The summed E-state index contributed by atoms with van der Waals surface area (Å²) in [6.07, 6.45) is 0.773. The quantitative estimate of drug-likeness (QED) is 0.265. The number of amides is 2. The molecule has 0 aliphatic carbocycles. The van der Waals surface area contributed by atoms with Gasteiger partial charge in [0.1, 0.15) is 18.2 Å². The predicted octanol–water partition coefficient (Wildman–Crippen LogP) is 6.72. The van der Waals surface area contributed by atoms with Crippen LogP contribution in [0.1, 0.15) is 42.2 Å². The van der Waals surface area contributed by atoms with Crippen molar-refractivity contribution >= 4 is 41.0 Å². The molecule has 0 spiro atoms. The first-order valence-electron chi connectivity index (χ1n) is 13.2. The highest BCUT2D eigenvalue weighted by Crippen LogP contribution is 2.48. The van der Waals surface area contributed by atoms with Gasteiger partial charge in [0.25, 0.3) is 0 Å². The molecule has 9 heteroatoms. The maximum Gasteiger partial charge on any atom is 0.240 e. The van der Waals surface area contributed by atoms with Gasteiger partial charge in [-0.3, -0.25) is 14.5 Å². The molecular weight excluding hydrogens is 547 g/mol. The van der Waals surface area contributed by atoms with Crippen molar-refractivity contribution in [1.82, 2.24) is 15.1 Å². The molecule has 0 radical (unpaired) electrons. The van der Waals surface area contributed by atoms with Gasteiger partial charge in [0, 0.05) is 22.2 Å². The van der Waals surface area contributed by atoms with Crippen LogP contribution in [0.25, 0.3) is 16.9 Å². The van der Waals surface area contributed by atoms with E-state index in [0.29, 0.717) is 16.5 Å². The minimum Gasteiger partial charge on any atom is -0.352 e.